The summed E-state index contributed by atoms with van der Waals surface area (Å²) in [5.41, 5.74) is 1.30. The normalized spacial score (nSPS) is 20.6. The number of carboxylic acids is 1. The van der Waals surface area contributed by atoms with Gasteiger partial charge in [0.15, 0.2) is 5.78 Å². The number of carbonyl (C=O) groups is 2. The lowest BCUT2D eigenvalue weighted by atomic mass is 10.0. The van der Waals surface area contributed by atoms with Crippen molar-refractivity contribution in [2.45, 2.75) is 17.1 Å². The van der Waals surface area contributed by atoms with E-state index in [9.17, 15) is 9.59 Å². The average Bonchev–Trinajstić information content (AvgIpc) is 2.33. The molecule has 18 heavy (non-hydrogen) atoms. The van der Waals surface area contributed by atoms with Gasteiger partial charge in [-0.1, -0.05) is 12.1 Å². The number of hydrogen-bond acceptors (Lipinski definition) is 4. The second-order valence-corrected chi connectivity index (χ2v) is 5.34. The Balaban J connectivity index is 2.24. The van der Waals surface area contributed by atoms with Crippen LogP contribution in [0.3, 0.4) is 0 Å². The minimum atomic E-state index is -0.948. The van der Waals surface area contributed by atoms with Crippen LogP contribution in [0, 0.1) is 0 Å². The van der Waals surface area contributed by atoms with Crippen LogP contribution >= 0.6 is 11.8 Å². The summed E-state index contributed by atoms with van der Waals surface area (Å²) < 4.78 is 0. The predicted octanol–water partition coefficient (Wildman–Crippen LogP) is 1.92. The van der Waals surface area contributed by atoms with Gasteiger partial charge in [0.1, 0.15) is 6.54 Å². The number of thioether (sulfide) groups is 1. The highest BCUT2D eigenvalue weighted by atomic mass is 32.2. The van der Waals surface area contributed by atoms with Gasteiger partial charge in [0, 0.05) is 27.5 Å². The van der Waals surface area contributed by atoms with Crippen molar-refractivity contribution in [2.24, 2.45) is 0 Å². The Morgan fingerprint density at radius 1 is 1.50 bits per heavy atom. The van der Waals surface area contributed by atoms with E-state index >= 15 is 0 Å². The van der Waals surface area contributed by atoms with Crippen molar-refractivity contribution in [3.8, 4) is 0 Å². The first kappa shape index (κ1) is 12.7. The highest BCUT2D eigenvalue weighted by Crippen LogP contribution is 2.37. The molecule has 1 aromatic rings. The lowest BCUT2D eigenvalue weighted by molar-refractivity contribution is -0.135. The summed E-state index contributed by atoms with van der Waals surface area (Å²) in [6.45, 7) is 1.75. The topological polar surface area (TPSA) is 66.4 Å². The van der Waals surface area contributed by atoms with Gasteiger partial charge in [-0.05, 0) is 19.1 Å². The SMILES string of the molecule is CC1Sc2ccccc2C(=O)/C1=C\NCC(=O)O. The molecule has 1 unspecified atom stereocenters. The van der Waals surface area contributed by atoms with E-state index < -0.39 is 5.97 Å². The molecule has 0 bridgehead atoms. The van der Waals surface area contributed by atoms with Gasteiger partial charge < -0.3 is 10.4 Å². The largest absolute Gasteiger partial charge is 0.480 e. The molecule has 0 fully saturated rings. The van der Waals surface area contributed by atoms with Crippen LogP contribution in [-0.4, -0.2) is 28.7 Å². The Kier molecular flexibility index (Phi) is 3.72. The van der Waals surface area contributed by atoms with Crippen molar-refractivity contribution < 1.29 is 14.7 Å². The molecule has 1 aliphatic heterocycles. The number of ketones is 1. The van der Waals surface area contributed by atoms with Crippen molar-refractivity contribution >= 4 is 23.5 Å². The number of nitrogens with one attached hydrogen (secondary N) is 1. The molecular formula is C13H13NO3S. The molecule has 1 aliphatic rings. The van der Waals surface area contributed by atoms with E-state index in [1.54, 1.807) is 17.8 Å². The van der Waals surface area contributed by atoms with Crippen molar-refractivity contribution in [1.82, 2.24) is 5.32 Å². The third kappa shape index (κ3) is 2.56. The zero-order valence-electron chi connectivity index (χ0n) is 9.84. The van der Waals surface area contributed by atoms with Crippen molar-refractivity contribution in [2.75, 3.05) is 6.54 Å². The summed E-state index contributed by atoms with van der Waals surface area (Å²) in [6, 6.07) is 7.45. The quantitative estimate of drug-likeness (QED) is 0.816. The number of aliphatic carboxylic acids is 1. The molecule has 0 aromatic heterocycles. The van der Waals surface area contributed by atoms with Crippen LogP contribution in [0.5, 0.6) is 0 Å². The van der Waals surface area contributed by atoms with E-state index in [0.29, 0.717) is 11.1 Å². The van der Waals surface area contributed by atoms with E-state index in [0.717, 1.165) is 4.90 Å². The summed E-state index contributed by atoms with van der Waals surface area (Å²) >= 11 is 1.61. The Morgan fingerprint density at radius 3 is 2.94 bits per heavy atom. The summed E-state index contributed by atoms with van der Waals surface area (Å²) in [4.78, 5) is 23.6. The number of hydrogen-bond donors (Lipinski definition) is 2. The summed E-state index contributed by atoms with van der Waals surface area (Å²) in [5.74, 6) is -0.981. The number of carboxylic acid groups (broad SMARTS) is 1. The number of fused-ring (bicyclic) bond motifs is 1. The smallest absolute Gasteiger partial charge is 0.322 e. The van der Waals surface area contributed by atoms with Gasteiger partial charge in [0.05, 0.1) is 0 Å². The Morgan fingerprint density at radius 2 is 2.22 bits per heavy atom. The van der Waals surface area contributed by atoms with Crippen LogP contribution in [0.1, 0.15) is 17.3 Å². The average molecular weight is 263 g/mol. The van der Waals surface area contributed by atoms with Crippen molar-refractivity contribution in [3.63, 3.8) is 0 Å². The van der Waals surface area contributed by atoms with Gasteiger partial charge >= 0.3 is 5.97 Å². The lowest BCUT2D eigenvalue weighted by Crippen LogP contribution is -2.24. The maximum absolute atomic E-state index is 12.2. The second kappa shape index (κ2) is 5.27. The first-order chi connectivity index (χ1) is 8.59. The fourth-order valence-electron chi connectivity index (χ4n) is 1.78. The van der Waals surface area contributed by atoms with Crippen LogP contribution in [0.25, 0.3) is 0 Å². The van der Waals surface area contributed by atoms with E-state index in [4.69, 9.17) is 5.11 Å². The maximum Gasteiger partial charge on any atom is 0.322 e. The van der Waals surface area contributed by atoms with Crippen LogP contribution in [0.2, 0.25) is 0 Å². The van der Waals surface area contributed by atoms with Gasteiger partial charge in [0.25, 0.3) is 0 Å². The molecular weight excluding hydrogens is 250 g/mol. The number of benzene rings is 1. The van der Waals surface area contributed by atoms with Crippen LogP contribution in [0.4, 0.5) is 0 Å². The number of carbonyl (C=O) groups excluding carboxylic acids is 1. The fraction of sp³-hybridized carbons (Fsp3) is 0.231. The second-order valence-electron chi connectivity index (χ2n) is 3.96. The molecule has 0 saturated carbocycles. The third-order valence-corrected chi connectivity index (χ3v) is 3.86. The van der Waals surface area contributed by atoms with Gasteiger partial charge in [0.2, 0.25) is 0 Å². The maximum atomic E-state index is 12.2. The molecule has 1 aromatic carbocycles. The number of Topliss-reactive ketones (excluding diaryl/α,β-unsaturated/α-hetero) is 1. The Labute approximate surface area is 109 Å². The zero-order chi connectivity index (χ0) is 13.1. The summed E-state index contributed by atoms with van der Waals surface area (Å²) in [7, 11) is 0. The molecule has 1 heterocycles. The van der Waals surface area contributed by atoms with E-state index in [1.165, 1.54) is 6.20 Å². The van der Waals surface area contributed by atoms with Gasteiger partial charge in [-0.15, -0.1) is 11.8 Å². The standard InChI is InChI=1S/C13H13NO3S/c1-8-10(6-14-7-12(15)16)13(17)9-4-2-3-5-11(9)18-8/h2-6,8,14H,7H2,1H3,(H,15,16)/b10-6-. The van der Waals surface area contributed by atoms with Gasteiger partial charge in [-0.25, -0.2) is 0 Å². The fourth-order valence-corrected chi connectivity index (χ4v) is 2.91. The minimum Gasteiger partial charge on any atom is -0.480 e. The molecule has 0 radical (unpaired) electrons. The Bertz CT molecular complexity index is 525. The first-order valence-electron chi connectivity index (χ1n) is 5.55. The monoisotopic (exact) mass is 263 g/mol. The van der Waals surface area contributed by atoms with E-state index in [-0.39, 0.29) is 17.6 Å². The van der Waals surface area contributed by atoms with Gasteiger partial charge in [-0.2, -0.15) is 0 Å². The summed E-state index contributed by atoms with van der Waals surface area (Å²) in [5, 5.41) is 11.2. The molecule has 0 aliphatic carbocycles. The molecule has 0 amide bonds. The molecule has 1 atom stereocenters. The van der Waals surface area contributed by atoms with E-state index in [2.05, 4.69) is 5.32 Å². The molecule has 0 spiro atoms. The zero-order valence-corrected chi connectivity index (χ0v) is 10.7. The molecule has 2 N–H and O–H groups in total. The first-order valence-corrected chi connectivity index (χ1v) is 6.43. The molecule has 5 heteroatoms. The predicted molar refractivity (Wildman–Crippen MR) is 69.8 cm³/mol. The third-order valence-electron chi connectivity index (χ3n) is 2.65. The van der Waals surface area contributed by atoms with Crippen molar-refractivity contribution in [1.29, 1.82) is 0 Å². The molecule has 0 saturated heterocycles. The molecule has 4 nitrogen and oxygen atoms in total. The highest BCUT2D eigenvalue weighted by molar-refractivity contribution is 8.00. The van der Waals surface area contributed by atoms with Crippen LogP contribution < -0.4 is 5.32 Å². The van der Waals surface area contributed by atoms with Crippen LogP contribution in [0.15, 0.2) is 40.9 Å². The van der Waals surface area contributed by atoms with Crippen LogP contribution in [-0.2, 0) is 4.79 Å². The number of rotatable bonds is 3. The molecule has 94 valence electrons. The summed E-state index contributed by atoms with van der Waals surface area (Å²) in [6.07, 6.45) is 1.52. The highest BCUT2D eigenvalue weighted by Gasteiger charge is 2.27. The van der Waals surface area contributed by atoms with Crippen molar-refractivity contribution in [3.05, 3.63) is 41.6 Å². The Hall–Kier alpha value is -1.75. The minimum absolute atomic E-state index is 0.0219. The van der Waals surface area contributed by atoms with Gasteiger partial charge in [-0.3, -0.25) is 9.59 Å². The molecule has 2 rings (SSSR count). The van der Waals surface area contributed by atoms with E-state index in [1.807, 2.05) is 25.1 Å². The lowest BCUT2D eigenvalue weighted by Gasteiger charge is -2.22.